The Balaban J connectivity index is 1.68. The molecular weight excluding hydrogens is 298 g/mol. The Morgan fingerprint density at radius 1 is 1.00 bits per heavy atom. The van der Waals surface area contributed by atoms with Gasteiger partial charge in [0, 0.05) is 6.54 Å². The molecule has 0 fully saturated rings. The standard InChI is InChI=1S/C21H27NO2/c1-16(2)19-13-11-18(12-14-19)8-7-15-22-21(23)17(3)24-20-9-5-4-6-10-20/h4-6,9-14,16-17H,7-8,15H2,1-3H3,(H,22,23)/t17-/m1/s1. The number of para-hydroxylation sites is 1. The fraction of sp³-hybridized carbons (Fsp3) is 0.381. The summed E-state index contributed by atoms with van der Waals surface area (Å²) in [4.78, 5) is 12.0. The van der Waals surface area contributed by atoms with E-state index in [2.05, 4.69) is 43.4 Å². The number of aryl methyl sites for hydroxylation is 1. The second-order valence-electron chi connectivity index (χ2n) is 6.36. The number of nitrogens with one attached hydrogen (secondary N) is 1. The summed E-state index contributed by atoms with van der Waals surface area (Å²) in [5.41, 5.74) is 2.67. The van der Waals surface area contributed by atoms with Crippen LogP contribution < -0.4 is 10.1 Å². The van der Waals surface area contributed by atoms with Gasteiger partial charge in [-0.1, -0.05) is 56.3 Å². The summed E-state index contributed by atoms with van der Waals surface area (Å²) >= 11 is 0. The van der Waals surface area contributed by atoms with Crippen molar-refractivity contribution in [3.63, 3.8) is 0 Å². The maximum absolute atomic E-state index is 12.0. The summed E-state index contributed by atoms with van der Waals surface area (Å²) in [6.45, 7) is 6.83. The van der Waals surface area contributed by atoms with Gasteiger partial charge in [-0.05, 0) is 48.9 Å². The van der Waals surface area contributed by atoms with Crippen LogP contribution in [0.4, 0.5) is 0 Å². The van der Waals surface area contributed by atoms with Gasteiger partial charge in [0.2, 0.25) is 0 Å². The lowest BCUT2D eigenvalue weighted by Crippen LogP contribution is -2.36. The summed E-state index contributed by atoms with van der Waals surface area (Å²) < 4.78 is 5.61. The minimum absolute atomic E-state index is 0.0750. The van der Waals surface area contributed by atoms with Crippen LogP contribution in [0.1, 0.15) is 44.2 Å². The number of carbonyl (C=O) groups is 1. The fourth-order valence-corrected chi connectivity index (χ4v) is 2.47. The molecule has 2 aromatic rings. The van der Waals surface area contributed by atoms with Crippen LogP contribution in [0.5, 0.6) is 5.75 Å². The average molecular weight is 325 g/mol. The van der Waals surface area contributed by atoms with E-state index in [0.29, 0.717) is 18.2 Å². The highest BCUT2D eigenvalue weighted by Crippen LogP contribution is 2.15. The van der Waals surface area contributed by atoms with Gasteiger partial charge in [0.05, 0.1) is 0 Å². The first kappa shape index (κ1) is 18.1. The lowest BCUT2D eigenvalue weighted by molar-refractivity contribution is -0.127. The largest absolute Gasteiger partial charge is 0.481 e. The van der Waals surface area contributed by atoms with Crippen molar-refractivity contribution < 1.29 is 9.53 Å². The van der Waals surface area contributed by atoms with Crippen LogP contribution in [0.2, 0.25) is 0 Å². The Labute approximate surface area is 145 Å². The Kier molecular flexibility index (Phi) is 6.86. The Morgan fingerprint density at radius 2 is 1.67 bits per heavy atom. The predicted molar refractivity (Wildman–Crippen MR) is 98.4 cm³/mol. The minimum Gasteiger partial charge on any atom is -0.481 e. The fourth-order valence-electron chi connectivity index (χ4n) is 2.47. The maximum Gasteiger partial charge on any atom is 0.260 e. The first-order valence-electron chi connectivity index (χ1n) is 8.64. The predicted octanol–water partition coefficient (Wildman–Crippen LogP) is 4.33. The van der Waals surface area contributed by atoms with E-state index in [4.69, 9.17) is 4.74 Å². The summed E-state index contributed by atoms with van der Waals surface area (Å²) in [6, 6.07) is 18.1. The molecule has 1 atom stereocenters. The lowest BCUT2D eigenvalue weighted by Gasteiger charge is -2.14. The summed E-state index contributed by atoms with van der Waals surface area (Å²) in [5.74, 6) is 1.20. The molecule has 0 bridgehead atoms. The maximum atomic E-state index is 12.0. The molecule has 0 heterocycles. The molecule has 0 unspecified atom stereocenters. The van der Waals surface area contributed by atoms with Gasteiger partial charge in [-0.3, -0.25) is 4.79 Å². The number of hydrogen-bond acceptors (Lipinski definition) is 2. The van der Waals surface area contributed by atoms with Gasteiger partial charge in [0.25, 0.3) is 5.91 Å². The van der Waals surface area contributed by atoms with Crippen LogP contribution in [0.3, 0.4) is 0 Å². The third kappa shape index (κ3) is 5.73. The number of carbonyl (C=O) groups excluding carboxylic acids is 1. The number of rotatable bonds is 8. The highest BCUT2D eigenvalue weighted by Gasteiger charge is 2.13. The number of benzene rings is 2. The van der Waals surface area contributed by atoms with Crippen LogP contribution in [0.25, 0.3) is 0 Å². The van der Waals surface area contributed by atoms with Crippen LogP contribution in [-0.4, -0.2) is 18.6 Å². The van der Waals surface area contributed by atoms with Gasteiger partial charge in [-0.2, -0.15) is 0 Å². The molecule has 0 aliphatic carbocycles. The molecule has 0 aliphatic rings. The van der Waals surface area contributed by atoms with Crippen LogP contribution in [-0.2, 0) is 11.2 Å². The summed E-state index contributed by atoms with van der Waals surface area (Å²) in [7, 11) is 0. The minimum atomic E-state index is -0.488. The zero-order valence-corrected chi connectivity index (χ0v) is 14.8. The van der Waals surface area contributed by atoms with E-state index < -0.39 is 6.10 Å². The first-order chi connectivity index (χ1) is 11.6. The molecule has 3 heteroatoms. The van der Waals surface area contributed by atoms with Gasteiger partial charge in [-0.15, -0.1) is 0 Å². The third-order valence-electron chi connectivity index (χ3n) is 4.01. The van der Waals surface area contributed by atoms with Gasteiger partial charge in [-0.25, -0.2) is 0 Å². The van der Waals surface area contributed by atoms with E-state index in [-0.39, 0.29) is 5.91 Å². The second-order valence-corrected chi connectivity index (χ2v) is 6.36. The first-order valence-corrected chi connectivity index (χ1v) is 8.64. The molecule has 3 nitrogen and oxygen atoms in total. The molecule has 0 aromatic heterocycles. The zero-order chi connectivity index (χ0) is 17.4. The van der Waals surface area contributed by atoms with E-state index in [1.807, 2.05) is 30.3 Å². The molecule has 2 rings (SSSR count). The topological polar surface area (TPSA) is 38.3 Å². The van der Waals surface area contributed by atoms with E-state index in [0.717, 1.165) is 12.8 Å². The van der Waals surface area contributed by atoms with Crippen LogP contribution in [0, 0.1) is 0 Å². The van der Waals surface area contributed by atoms with Crippen molar-refractivity contribution in [2.45, 2.75) is 45.6 Å². The smallest absolute Gasteiger partial charge is 0.260 e. The van der Waals surface area contributed by atoms with Crippen molar-refractivity contribution in [3.8, 4) is 5.75 Å². The molecule has 1 amide bonds. The molecule has 0 radical (unpaired) electrons. The summed E-state index contributed by atoms with van der Waals surface area (Å²) in [6.07, 6.45) is 1.40. The number of amides is 1. The Hall–Kier alpha value is -2.29. The van der Waals surface area contributed by atoms with Crippen molar-refractivity contribution in [2.24, 2.45) is 0 Å². The Morgan fingerprint density at radius 3 is 2.29 bits per heavy atom. The van der Waals surface area contributed by atoms with Crippen molar-refractivity contribution >= 4 is 5.91 Å². The highest BCUT2D eigenvalue weighted by atomic mass is 16.5. The molecular formula is C21H27NO2. The van der Waals surface area contributed by atoms with E-state index >= 15 is 0 Å². The van der Waals surface area contributed by atoms with Crippen molar-refractivity contribution in [1.82, 2.24) is 5.32 Å². The van der Waals surface area contributed by atoms with Crippen molar-refractivity contribution in [1.29, 1.82) is 0 Å². The lowest BCUT2D eigenvalue weighted by atomic mass is 10.0. The van der Waals surface area contributed by atoms with Gasteiger partial charge < -0.3 is 10.1 Å². The monoisotopic (exact) mass is 325 g/mol. The quantitative estimate of drug-likeness (QED) is 0.734. The van der Waals surface area contributed by atoms with Gasteiger partial charge in [0.15, 0.2) is 6.10 Å². The molecule has 0 aliphatic heterocycles. The van der Waals surface area contributed by atoms with Gasteiger partial charge >= 0.3 is 0 Å². The molecule has 0 saturated heterocycles. The molecule has 128 valence electrons. The molecule has 1 N–H and O–H groups in total. The van der Waals surface area contributed by atoms with Crippen molar-refractivity contribution in [3.05, 3.63) is 65.7 Å². The SMILES string of the molecule is CC(C)c1ccc(CCCNC(=O)[C@@H](C)Oc2ccccc2)cc1. The molecule has 2 aromatic carbocycles. The van der Waals surface area contributed by atoms with Crippen molar-refractivity contribution in [2.75, 3.05) is 6.54 Å². The Bertz CT molecular complexity index is 620. The van der Waals surface area contributed by atoms with E-state index in [9.17, 15) is 4.79 Å². The van der Waals surface area contributed by atoms with E-state index in [1.54, 1.807) is 6.92 Å². The third-order valence-corrected chi connectivity index (χ3v) is 4.01. The number of ether oxygens (including phenoxy) is 1. The van der Waals surface area contributed by atoms with Gasteiger partial charge in [0.1, 0.15) is 5.75 Å². The molecule has 24 heavy (non-hydrogen) atoms. The molecule has 0 spiro atoms. The van der Waals surface area contributed by atoms with Crippen LogP contribution >= 0.6 is 0 Å². The number of hydrogen-bond donors (Lipinski definition) is 1. The summed E-state index contributed by atoms with van der Waals surface area (Å²) in [5, 5.41) is 2.94. The zero-order valence-electron chi connectivity index (χ0n) is 14.8. The normalized spacial score (nSPS) is 12.0. The molecule has 0 saturated carbocycles. The average Bonchev–Trinajstić information content (AvgIpc) is 2.59. The second kappa shape index (κ2) is 9.11. The highest BCUT2D eigenvalue weighted by molar-refractivity contribution is 5.80. The van der Waals surface area contributed by atoms with E-state index in [1.165, 1.54) is 11.1 Å². The van der Waals surface area contributed by atoms with Crippen LogP contribution in [0.15, 0.2) is 54.6 Å².